The molecule has 0 saturated heterocycles. The number of esters is 1. The molecule has 1 heterocycles. The lowest BCUT2D eigenvalue weighted by Gasteiger charge is -2.12. The van der Waals surface area contributed by atoms with Crippen LogP contribution < -0.4 is 18.9 Å². The average molecular weight is 346 g/mol. The van der Waals surface area contributed by atoms with Crippen LogP contribution in [0.5, 0.6) is 29.3 Å². The molecule has 2 rings (SSSR count). The molecule has 0 spiro atoms. The predicted molar refractivity (Wildman–Crippen MR) is 88.7 cm³/mol. The SMILES string of the molecule is C=CCOc1ccc(Oc2nc(OC)cc(OC)n2)c(C(=O)OC)c1. The zero-order valence-corrected chi connectivity index (χ0v) is 14.1. The highest BCUT2D eigenvalue weighted by molar-refractivity contribution is 5.93. The number of ether oxygens (including phenoxy) is 5. The summed E-state index contributed by atoms with van der Waals surface area (Å²) in [5.74, 6) is 0.596. The Morgan fingerprint density at radius 1 is 1.12 bits per heavy atom. The smallest absolute Gasteiger partial charge is 0.341 e. The summed E-state index contributed by atoms with van der Waals surface area (Å²) < 4.78 is 25.9. The number of hydrogen-bond donors (Lipinski definition) is 0. The van der Waals surface area contributed by atoms with E-state index in [-0.39, 0.29) is 29.1 Å². The van der Waals surface area contributed by atoms with Crippen LogP contribution in [-0.2, 0) is 4.74 Å². The molecule has 0 N–H and O–H groups in total. The number of carbonyl (C=O) groups is 1. The summed E-state index contributed by atoms with van der Waals surface area (Å²) in [6, 6.07) is 6.16. The Kier molecular flexibility index (Phi) is 6.16. The van der Waals surface area contributed by atoms with E-state index in [0.717, 1.165) is 0 Å². The molecule has 132 valence electrons. The van der Waals surface area contributed by atoms with E-state index in [0.29, 0.717) is 12.4 Å². The summed E-state index contributed by atoms with van der Waals surface area (Å²) in [5, 5.41) is 0. The third-order valence-electron chi connectivity index (χ3n) is 3.00. The van der Waals surface area contributed by atoms with Gasteiger partial charge in [-0.3, -0.25) is 0 Å². The van der Waals surface area contributed by atoms with Gasteiger partial charge < -0.3 is 23.7 Å². The molecule has 2 aromatic rings. The van der Waals surface area contributed by atoms with Crippen LogP contribution in [0.3, 0.4) is 0 Å². The van der Waals surface area contributed by atoms with Gasteiger partial charge in [-0.05, 0) is 18.2 Å². The molecule has 8 heteroatoms. The summed E-state index contributed by atoms with van der Waals surface area (Å²) in [4.78, 5) is 20.2. The van der Waals surface area contributed by atoms with Gasteiger partial charge in [-0.1, -0.05) is 12.7 Å². The van der Waals surface area contributed by atoms with Crippen molar-refractivity contribution in [3.8, 4) is 29.3 Å². The third kappa shape index (κ3) is 4.60. The molecule has 8 nitrogen and oxygen atoms in total. The Hall–Kier alpha value is -3.29. The van der Waals surface area contributed by atoms with E-state index in [1.165, 1.54) is 33.5 Å². The molecule has 25 heavy (non-hydrogen) atoms. The number of rotatable bonds is 8. The molecule has 0 bridgehead atoms. The van der Waals surface area contributed by atoms with Gasteiger partial charge in [0, 0.05) is 0 Å². The standard InChI is InChI=1S/C17H18N2O6/c1-5-8-24-11-6-7-13(12(9-11)16(20)23-4)25-17-18-14(21-2)10-15(19-17)22-3/h5-7,9-10H,1,8H2,2-4H3. The highest BCUT2D eigenvalue weighted by atomic mass is 16.5. The number of methoxy groups -OCH3 is 3. The van der Waals surface area contributed by atoms with Crippen molar-refractivity contribution < 1.29 is 28.5 Å². The molecule has 1 aromatic heterocycles. The molecule has 0 aliphatic carbocycles. The fourth-order valence-corrected chi connectivity index (χ4v) is 1.85. The maximum absolute atomic E-state index is 12.0. The van der Waals surface area contributed by atoms with Crippen molar-refractivity contribution in [2.45, 2.75) is 0 Å². The minimum atomic E-state index is -0.589. The zero-order valence-electron chi connectivity index (χ0n) is 14.1. The average Bonchev–Trinajstić information content (AvgIpc) is 2.66. The van der Waals surface area contributed by atoms with Crippen LogP contribution in [0, 0.1) is 0 Å². The second-order valence-corrected chi connectivity index (χ2v) is 4.59. The van der Waals surface area contributed by atoms with Crippen molar-refractivity contribution in [2.24, 2.45) is 0 Å². The van der Waals surface area contributed by atoms with Gasteiger partial charge in [0.1, 0.15) is 23.7 Å². The fraction of sp³-hybridized carbons (Fsp3) is 0.235. The lowest BCUT2D eigenvalue weighted by Crippen LogP contribution is -2.06. The maximum Gasteiger partial charge on any atom is 0.341 e. The summed E-state index contributed by atoms with van der Waals surface area (Å²) >= 11 is 0. The van der Waals surface area contributed by atoms with Gasteiger partial charge in [-0.25, -0.2) is 4.79 Å². The summed E-state index contributed by atoms with van der Waals surface area (Å²) in [7, 11) is 4.18. The molecule has 0 aliphatic rings. The molecule has 0 aliphatic heterocycles. The Morgan fingerprint density at radius 2 is 1.80 bits per heavy atom. The van der Waals surface area contributed by atoms with E-state index < -0.39 is 5.97 Å². The van der Waals surface area contributed by atoms with Crippen molar-refractivity contribution >= 4 is 5.97 Å². The Morgan fingerprint density at radius 3 is 2.36 bits per heavy atom. The monoisotopic (exact) mass is 346 g/mol. The van der Waals surface area contributed by atoms with Crippen molar-refractivity contribution in [1.82, 2.24) is 9.97 Å². The zero-order chi connectivity index (χ0) is 18.2. The van der Waals surface area contributed by atoms with Crippen LogP contribution in [0.15, 0.2) is 36.9 Å². The van der Waals surface area contributed by atoms with E-state index in [4.69, 9.17) is 23.7 Å². The van der Waals surface area contributed by atoms with Crippen molar-refractivity contribution in [3.63, 3.8) is 0 Å². The van der Waals surface area contributed by atoms with Crippen LogP contribution in [-0.4, -0.2) is 43.9 Å². The Bertz CT molecular complexity index is 741. The van der Waals surface area contributed by atoms with E-state index in [2.05, 4.69) is 16.5 Å². The van der Waals surface area contributed by atoms with E-state index in [1.54, 1.807) is 18.2 Å². The Balaban J connectivity index is 2.37. The topological polar surface area (TPSA) is 89.0 Å². The van der Waals surface area contributed by atoms with Gasteiger partial charge in [0.15, 0.2) is 0 Å². The molecule has 0 radical (unpaired) electrons. The molecule has 1 aromatic carbocycles. The predicted octanol–water partition coefficient (Wildman–Crippen LogP) is 2.64. The summed E-state index contributed by atoms with van der Waals surface area (Å²) in [6.07, 6.45) is 1.60. The summed E-state index contributed by atoms with van der Waals surface area (Å²) in [5.41, 5.74) is 0.162. The van der Waals surface area contributed by atoms with Crippen LogP contribution in [0.25, 0.3) is 0 Å². The first-order valence-corrected chi connectivity index (χ1v) is 7.22. The molecule has 0 saturated carbocycles. The number of benzene rings is 1. The maximum atomic E-state index is 12.0. The fourth-order valence-electron chi connectivity index (χ4n) is 1.85. The first kappa shape index (κ1) is 18.1. The number of carbonyl (C=O) groups excluding carboxylic acids is 1. The van der Waals surface area contributed by atoms with Crippen molar-refractivity contribution in [1.29, 1.82) is 0 Å². The summed E-state index contributed by atoms with van der Waals surface area (Å²) in [6.45, 7) is 3.88. The quantitative estimate of drug-likeness (QED) is 0.532. The van der Waals surface area contributed by atoms with E-state index >= 15 is 0 Å². The van der Waals surface area contributed by atoms with Crippen molar-refractivity contribution in [3.05, 3.63) is 42.5 Å². The van der Waals surface area contributed by atoms with Crippen LogP contribution in [0.4, 0.5) is 0 Å². The van der Waals surface area contributed by atoms with Crippen LogP contribution in [0.1, 0.15) is 10.4 Å². The minimum absolute atomic E-state index is 0.0406. The number of aromatic nitrogens is 2. The molecule has 0 amide bonds. The minimum Gasteiger partial charge on any atom is -0.490 e. The first-order valence-electron chi connectivity index (χ1n) is 7.22. The molecule has 0 unspecified atom stereocenters. The van der Waals surface area contributed by atoms with Gasteiger partial charge in [-0.2, -0.15) is 9.97 Å². The van der Waals surface area contributed by atoms with E-state index in [9.17, 15) is 4.79 Å². The lowest BCUT2D eigenvalue weighted by atomic mass is 10.2. The van der Waals surface area contributed by atoms with Gasteiger partial charge in [0.05, 0.1) is 27.4 Å². The normalized spacial score (nSPS) is 9.88. The second kappa shape index (κ2) is 8.53. The molecular formula is C17H18N2O6. The van der Waals surface area contributed by atoms with Gasteiger partial charge in [0.25, 0.3) is 0 Å². The highest BCUT2D eigenvalue weighted by Gasteiger charge is 2.17. The number of hydrogen-bond acceptors (Lipinski definition) is 8. The number of nitrogens with zero attached hydrogens (tertiary/aromatic N) is 2. The van der Waals surface area contributed by atoms with Gasteiger partial charge in [-0.15, -0.1) is 0 Å². The van der Waals surface area contributed by atoms with Crippen LogP contribution >= 0.6 is 0 Å². The van der Waals surface area contributed by atoms with Gasteiger partial charge in [0.2, 0.25) is 11.8 Å². The second-order valence-electron chi connectivity index (χ2n) is 4.59. The van der Waals surface area contributed by atoms with Crippen molar-refractivity contribution in [2.75, 3.05) is 27.9 Å². The van der Waals surface area contributed by atoms with E-state index in [1.807, 2.05) is 0 Å². The Labute approximate surface area is 145 Å². The third-order valence-corrected chi connectivity index (χ3v) is 3.00. The van der Waals surface area contributed by atoms with Crippen LogP contribution in [0.2, 0.25) is 0 Å². The lowest BCUT2D eigenvalue weighted by molar-refractivity contribution is 0.0597. The molecular weight excluding hydrogens is 328 g/mol. The molecule has 0 atom stereocenters. The molecule has 0 fully saturated rings. The highest BCUT2D eigenvalue weighted by Crippen LogP contribution is 2.29. The first-order chi connectivity index (χ1) is 12.1. The largest absolute Gasteiger partial charge is 0.490 e. The van der Waals surface area contributed by atoms with Gasteiger partial charge >= 0.3 is 12.0 Å².